The fourth-order valence-corrected chi connectivity index (χ4v) is 4.51. The van der Waals surface area contributed by atoms with Gasteiger partial charge in [-0.2, -0.15) is 0 Å². The van der Waals surface area contributed by atoms with Crippen LogP contribution in [0.25, 0.3) is 0 Å². The molecule has 2 heterocycles. The highest BCUT2D eigenvalue weighted by atomic mass is 35.5. The van der Waals surface area contributed by atoms with Crippen molar-refractivity contribution in [2.45, 2.75) is 19.6 Å². The number of rotatable bonds is 5. The molecule has 3 rings (SSSR count). The Hall–Kier alpha value is -1.50. The highest BCUT2D eigenvalue weighted by Gasteiger charge is 2.22. The number of piperazine rings is 1. The van der Waals surface area contributed by atoms with E-state index >= 15 is 0 Å². The van der Waals surface area contributed by atoms with E-state index in [-0.39, 0.29) is 5.91 Å². The number of benzene rings is 1. The van der Waals surface area contributed by atoms with Crippen molar-refractivity contribution >= 4 is 46.7 Å². The summed E-state index contributed by atoms with van der Waals surface area (Å²) < 4.78 is 0. The van der Waals surface area contributed by atoms with E-state index in [1.165, 1.54) is 0 Å². The van der Waals surface area contributed by atoms with Crippen molar-refractivity contribution < 1.29 is 4.79 Å². The van der Waals surface area contributed by atoms with Crippen LogP contribution in [0.3, 0.4) is 0 Å². The lowest BCUT2D eigenvalue weighted by Crippen LogP contribution is -2.49. The minimum absolute atomic E-state index is 0.166. The predicted molar refractivity (Wildman–Crippen MR) is 113 cm³/mol. The van der Waals surface area contributed by atoms with Crippen LogP contribution < -0.4 is 4.90 Å². The molecule has 8 heteroatoms. The largest absolute Gasteiger partial charge is 0.353 e. The fraction of sp³-hybridized carbons (Fsp3) is 0.421. The van der Waals surface area contributed by atoms with Gasteiger partial charge in [0.15, 0.2) is 0 Å². The Labute approximate surface area is 174 Å². The van der Waals surface area contributed by atoms with Gasteiger partial charge < -0.3 is 9.80 Å². The molecule has 0 unspecified atom stereocenters. The van der Waals surface area contributed by atoms with Crippen LogP contribution in [0.4, 0.5) is 5.82 Å². The van der Waals surface area contributed by atoms with E-state index in [0.717, 1.165) is 36.0 Å². The molecule has 1 saturated heterocycles. The Balaban J connectivity index is 1.47. The molecule has 2 aromatic rings. The zero-order valence-corrected chi connectivity index (χ0v) is 17.7. The number of aryl methyl sites for hydroxylation is 2. The first-order chi connectivity index (χ1) is 12.9. The standard InChI is InChI=1S/C19H22Cl2N4OS/c1-13-9-18(23-14(2)22-13)24-5-7-25(8-6-24)19(26)12-27-11-15-3-4-16(20)10-17(15)21/h3-4,9-10H,5-8,11-12H2,1-2H3. The van der Waals surface area contributed by atoms with Gasteiger partial charge in [-0.1, -0.05) is 29.3 Å². The molecule has 1 aromatic carbocycles. The Morgan fingerprint density at radius 1 is 1.11 bits per heavy atom. The average Bonchev–Trinajstić information content (AvgIpc) is 2.63. The molecule has 0 saturated carbocycles. The summed E-state index contributed by atoms with van der Waals surface area (Å²) in [7, 11) is 0. The maximum absolute atomic E-state index is 12.5. The first-order valence-corrected chi connectivity index (χ1v) is 10.7. The SMILES string of the molecule is Cc1cc(N2CCN(C(=O)CSCc3ccc(Cl)cc3Cl)CC2)nc(C)n1. The number of hydrogen-bond donors (Lipinski definition) is 0. The number of hydrogen-bond acceptors (Lipinski definition) is 5. The zero-order valence-electron chi connectivity index (χ0n) is 15.4. The Morgan fingerprint density at radius 3 is 2.52 bits per heavy atom. The van der Waals surface area contributed by atoms with Crippen LogP contribution in [-0.4, -0.2) is 52.7 Å². The van der Waals surface area contributed by atoms with Crippen LogP contribution >= 0.6 is 35.0 Å². The van der Waals surface area contributed by atoms with Gasteiger partial charge >= 0.3 is 0 Å². The van der Waals surface area contributed by atoms with Crippen LogP contribution in [0.2, 0.25) is 10.0 Å². The lowest BCUT2D eigenvalue weighted by Gasteiger charge is -2.35. The second kappa shape index (κ2) is 9.13. The van der Waals surface area contributed by atoms with Gasteiger partial charge in [-0.3, -0.25) is 4.79 Å². The van der Waals surface area contributed by atoms with E-state index in [0.29, 0.717) is 34.6 Å². The van der Waals surface area contributed by atoms with Crippen LogP contribution in [0.15, 0.2) is 24.3 Å². The fourth-order valence-electron chi connectivity index (χ4n) is 3.02. The molecule has 1 aromatic heterocycles. The zero-order chi connectivity index (χ0) is 19.4. The van der Waals surface area contributed by atoms with Crippen molar-refractivity contribution in [3.05, 3.63) is 51.4 Å². The number of thioether (sulfide) groups is 1. The number of nitrogens with zero attached hydrogens (tertiary/aromatic N) is 4. The Kier molecular flexibility index (Phi) is 6.84. The molecule has 0 spiro atoms. The summed E-state index contributed by atoms with van der Waals surface area (Å²) in [4.78, 5) is 25.5. The second-order valence-corrected chi connectivity index (χ2v) is 8.34. The summed E-state index contributed by atoms with van der Waals surface area (Å²) in [5.74, 6) is 3.03. The molecule has 1 amide bonds. The number of carbonyl (C=O) groups is 1. The van der Waals surface area contributed by atoms with Crippen molar-refractivity contribution in [3.63, 3.8) is 0 Å². The number of anilines is 1. The lowest BCUT2D eigenvalue weighted by molar-refractivity contribution is -0.128. The normalized spacial score (nSPS) is 14.5. The third-order valence-electron chi connectivity index (χ3n) is 4.41. The van der Waals surface area contributed by atoms with Crippen LogP contribution in [0, 0.1) is 13.8 Å². The second-order valence-electron chi connectivity index (χ2n) is 6.51. The van der Waals surface area contributed by atoms with Crippen LogP contribution in [0.1, 0.15) is 17.1 Å². The quantitative estimate of drug-likeness (QED) is 0.725. The molecule has 0 radical (unpaired) electrons. The topological polar surface area (TPSA) is 49.3 Å². The summed E-state index contributed by atoms with van der Waals surface area (Å²) in [6.07, 6.45) is 0. The van der Waals surface area contributed by atoms with E-state index in [1.807, 2.05) is 36.9 Å². The van der Waals surface area contributed by atoms with Gasteiger partial charge in [0.1, 0.15) is 11.6 Å². The van der Waals surface area contributed by atoms with Gasteiger partial charge in [-0.05, 0) is 31.5 Å². The molecule has 0 bridgehead atoms. The third kappa shape index (κ3) is 5.50. The highest BCUT2D eigenvalue weighted by molar-refractivity contribution is 7.99. The van der Waals surface area contributed by atoms with Crippen molar-refractivity contribution in [2.75, 3.05) is 36.8 Å². The summed E-state index contributed by atoms with van der Waals surface area (Å²) in [6.45, 7) is 6.87. The summed E-state index contributed by atoms with van der Waals surface area (Å²) >= 11 is 13.7. The van der Waals surface area contributed by atoms with Crippen molar-refractivity contribution in [1.29, 1.82) is 0 Å². The first-order valence-electron chi connectivity index (χ1n) is 8.79. The number of aromatic nitrogens is 2. The molecular weight excluding hydrogens is 403 g/mol. The van der Waals surface area contributed by atoms with E-state index in [2.05, 4.69) is 14.9 Å². The van der Waals surface area contributed by atoms with Crippen LogP contribution in [-0.2, 0) is 10.5 Å². The van der Waals surface area contributed by atoms with Gasteiger partial charge in [0.2, 0.25) is 5.91 Å². The average molecular weight is 425 g/mol. The van der Waals surface area contributed by atoms with E-state index < -0.39 is 0 Å². The minimum Gasteiger partial charge on any atom is -0.353 e. The molecule has 0 aliphatic carbocycles. The van der Waals surface area contributed by atoms with E-state index in [4.69, 9.17) is 23.2 Å². The van der Waals surface area contributed by atoms with Gasteiger partial charge in [-0.25, -0.2) is 9.97 Å². The summed E-state index contributed by atoms with van der Waals surface area (Å²) in [5, 5.41) is 1.27. The lowest BCUT2D eigenvalue weighted by atomic mass is 10.2. The van der Waals surface area contributed by atoms with Gasteiger partial charge in [-0.15, -0.1) is 11.8 Å². The Bertz CT molecular complexity index is 805. The number of carbonyl (C=O) groups excluding carboxylic acids is 1. The molecule has 0 atom stereocenters. The molecule has 1 fully saturated rings. The van der Waals surface area contributed by atoms with Crippen molar-refractivity contribution in [1.82, 2.24) is 14.9 Å². The maximum atomic E-state index is 12.5. The van der Waals surface area contributed by atoms with E-state index in [1.54, 1.807) is 17.8 Å². The van der Waals surface area contributed by atoms with Crippen molar-refractivity contribution in [2.24, 2.45) is 0 Å². The molecule has 0 N–H and O–H groups in total. The monoisotopic (exact) mass is 424 g/mol. The first kappa shape index (κ1) is 20.2. The number of halogens is 2. The molecule has 5 nitrogen and oxygen atoms in total. The van der Waals surface area contributed by atoms with E-state index in [9.17, 15) is 4.79 Å². The maximum Gasteiger partial charge on any atom is 0.232 e. The van der Waals surface area contributed by atoms with Gasteiger partial charge in [0, 0.05) is 53.7 Å². The van der Waals surface area contributed by atoms with Crippen LogP contribution in [0.5, 0.6) is 0 Å². The summed E-state index contributed by atoms with van der Waals surface area (Å²) in [5.41, 5.74) is 1.96. The highest BCUT2D eigenvalue weighted by Crippen LogP contribution is 2.25. The molecule has 1 aliphatic heterocycles. The third-order valence-corrected chi connectivity index (χ3v) is 5.96. The van der Waals surface area contributed by atoms with Crippen molar-refractivity contribution in [3.8, 4) is 0 Å². The molecule has 1 aliphatic rings. The molecule has 27 heavy (non-hydrogen) atoms. The predicted octanol–water partition coefficient (Wildman–Crippen LogP) is 3.98. The number of amides is 1. The molecular formula is C19H22Cl2N4OS. The van der Waals surface area contributed by atoms with Gasteiger partial charge in [0.25, 0.3) is 0 Å². The molecule has 144 valence electrons. The minimum atomic E-state index is 0.166. The van der Waals surface area contributed by atoms with Gasteiger partial charge in [0.05, 0.1) is 5.75 Å². The Morgan fingerprint density at radius 2 is 1.85 bits per heavy atom. The summed E-state index contributed by atoms with van der Waals surface area (Å²) in [6, 6.07) is 7.46. The smallest absolute Gasteiger partial charge is 0.232 e.